The summed E-state index contributed by atoms with van der Waals surface area (Å²) in [6.45, 7) is 20.1. The predicted octanol–water partition coefficient (Wildman–Crippen LogP) is 4.36. The Hall–Kier alpha value is -1.98. The Morgan fingerprint density at radius 3 is 2.20 bits per heavy atom. The maximum atomic E-state index is 12.1. The lowest BCUT2D eigenvalue weighted by Gasteiger charge is -2.67. The number of carbonyl (C=O) groups excluding carboxylic acids is 2. The van der Waals surface area contributed by atoms with Crippen LogP contribution in [0.25, 0.3) is 0 Å². The zero-order chi connectivity index (χ0) is 44.3. The molecule has 2 saturated heterocycles. The summed E-state index contributed by atoms with van der Waals surface area (Å²) in [5, 5.41) is 54.1. The van der Waals surface area contributed by atoms with E-state index in [0.29, 0.717) is 12.8 Å². The second-order valence-corrected chi connectivity index (χ2v) is 20.5. The Kier molecular flexibility index (Phi) is 14.2. The minimum absolute atomic E-state index is 0.0305. The second-order valence-electron chi connectivity index (χ2n) is 20.5. The fraction of sp³-hybridized carbons (Fsp3) is 0.870. The van der Waals surface area contributed by atoms with Crippen LogP contribution < -0.4 is 0 Å². The molecule has 5 N–H and O–H groups in total. The first-order chi connectivity index (χ1) is 28.0. The number of fused-ring (bicyclic) bond motifs is 5. The van der Waals surface area contributed by atoms with Gasteiger partial charge in [-0.25, -0.2) is 0 Å². The molecule has 6 aliphatic rings. The summed E-state index contributed by atoms with van der Waals surface area (Å²) in [5.41, 5.74) is 1.30. The van der Waals surface area contributed by atoms with Crippen molar-refractivity contribution in [1.82, 2.24) is 0 Å². The third kappa shape index (κ3) is 8.41. The highest BCUT2D eigenvalue weighted by molar-refractivity contribution is 5.66. The van der Waals surface area contributed by atoms with Crippen LogP contribution >= 0.6 is 0 Å². The van der Waals surface area contributed by atoms with E-state index >= 15 is 0 Å². The second kappa shape index (κ2) is 17.9. The van der Waals surface area contributed by atoms with Gasteiger partial charge in [-0.05, 0) is 92.8 Å². The van der Waals surface area contributed by atoms with Crippen molar-refractivity contribution in [2.45, 2.75) is 188 Å². The molecule has 0 bridgehead atoms. The van der Waals surface area contributed by atoms with Gasteiger partial charge in [0.05, 0.1) is 24.9 Å². The average molecular weight is 851 g/mol. The number of hydrogen-bond acceptors (Lipinski definition) is 14. The summed E-state index contributed by atoms with van der Waals surface area (Å²) in [7, 11) is 1.78. The number of methoxy groups -OCH3 is 1. The molecule has 19 unspecified atom stereocenters. The van der Waals surface area contributed by atoms with Gasteiger partial charge in [-0.15, -0.1) is 0 Å². The fourth-order valence-electron chi connectivity index (χ4n) is 13.1. The fourth-order valence-corrected chi connectivity index (χ4v) is 13.1. The van der Waals surface area contributed by atoms with E-state index in [1.54, 1.807) is 7.11 Å². The molecule has 2 aliphatic heterocycles. The van der Waals surface area contributed by atoms with Gasteiger partial charge in [0.25, 0.3) is 0 Å². The van der Waals surface area contributed by atoms with Crippen molar-refractivity contribution in [2.24, 2.45) is 45.3 Å². The zero-order valence-electron chi connectivity index (χ0n) is 37.7. The Labute approximate surface area is 356 Å². The largest absolute Gasteiger partial charge is 0.463 e. The molecule has 2 heterocycles. The predicted molar refractivity (Wildman–Crippen MR) is 219 cm³/mol. The molecule has 4 aliphatic carbocycles. The van der Waals surface area contributed by atoms with Gasteiger partial charge >= 0.3 is 11.9 Å². The van der Waals surface area contributed by atoms with Crippen molar-refractivity contribution >= 4 is 11.9 Å². The number of carbonyl (C=O) groups is 2. The van der Waals surface area contributed by atoms with Gasteiger partial charge in [-0.2, -0.15) is 0 Å². The maximum absolute atomic E-state index is 12.1. The van der Waals surface area contributed by atoms with E-state index < -0.39 is 78.8 Å². The number of esters is 2. The van der Waals surface area contributed by atoms with Crippen molar-refractivity contribution in [3.05, 3.63) is 23.3 Å². The van der Waals surface area contributed by atoms with Crippen molar-refractivity contribution < 1.29 is 68.3 Å². The molecule has 0 spiro atoms. The van der Waals surface area contributed by atoms with Crippen LogP contribution in [0.4, 0.5) is 0 Å². The lowest BCUT2D eigenvalue weighted by atomic mass is 9.38. The normalized spacial score (nSPS) is 46.5. The number of aliphatic hydroxyl groups is 5. The minimum Gasteiger partial charge on any atom is -0.463 e. The van der Waals surface area contributed by atoms with Crippen LogP contribution in [-0.4, -0.2) is 131 Å². The lowest BCUT2D eigenvalue weighted by molar-refractivity contribution is -0.317. The smallest absolute Gasteiger partial charge is 0.303 e. The molecule has 14 heteroatoms. The molecule has 19 atom stereocenters. The molecule has 5 fully saturated rings. The van der Waals surface area contributed by atoms with Gasteiger partial charge in [-0.3, -0.25) is 9.59 Å². The zero-order valence-corrected chi connectivity index (χ0v) is 37.7. The SMILES string of the molecule is COC1C=C2C(CCC(OC3OCC(O)C(O)C3O)C2(C)C)C2(C)CCC3(C)C(C(C)CCC=C(C)C)C(OC4OC(COC(C)=O)C(OC(C)=O)C(O)C4O)CC3(C)C12. The van der Waals surface area contributed by atoms with Crippen molar-refractivity contribution in [3.8, 4) is 0 Å². The summed E-state index contributed by atoms with van der Waals surface area (Å²) in [6, 6.07) is 0. The Bertz CT molecular complexity index is 1610. The molecular formula is C46H74O14. The van der Waals surface area contributed by atoms with E-state index in [0.717, 1.165) is 32.1 Å². The first-order valence-corrected chi connectivity index (χ1v) is 22.2. The highest BCUT2D eigenvalue weighted by atomic mass is 16.7. The van der Waals surface area contributed by atoms with E-state index in [-0.39, 0.29) is 65.3 Å². The summed E-state index contributed by atoms with van der Waals surface area (Å²) < 4.78 is 42.7. The highest BCUT2D eigenvalue weighted by Gasteiger charge is 2.72. The molecule has 6 rings (SSSR count). The van der Waals surface area contributed by atoms with E-state index in [1.165, 1.54) is 25.0 Å². The Morgan fingerprint density at radius 2 is 1.57 bits per heavy atom. The summed E-state index contributed by atoms with van der Waals surface area (Å²) in [5.74, 6) is -0.714. The molecule has 342 valence electrons. The van der Waals surface area contributed by atoms with Crippen molar-refractivity contribution in [3.63, 3.8) is 0 Å². The van der Waals surface area contributed by atoms with E-state index in [9.17, 15) is 35.1 Å². The van der Waals surface area contributed by atoms with Crippen LogP contribution in [0.1, 0.15) is 114 Å². The molecule has 14 nitrogen and oxygen atoms in total. The number of allylic oxidation sites excluding steroid dienone is 2. The lowest BCUT2D eigenvalue weighted by Crippen LogP contribution is -2.63. The minimum atomic E-state index is -1.55. The van der Waals surface area contributed by atoms with Crippen LogP contribution in [0.5, 0.6) is 0 Å². The van der Waals surface area contributed by atoms with Gasteiger partial charge in [-0.1, -0.05) is 64.8 Å². The summed E-state index contributed by atoms with van der Waals surface area (Å²) in [6.07, 6.45) is -2.17. The van der Waals surface area contributed by atoms with Crippen LogP contribution in [0.15, 0.2) is 23.3 Å². The maximum Gasteiger partial charge on any atom is 0.303 e. The number of ether oxygens (including phenoxy) is 7. The molecule has 0 amide bonds. The van der Waals surface area contributed by atoms with Crippen molar-refractivity contribution in [1.29, 1.82) is 0 Å². The number of hydrogen-bond donors (Lipinski definition) is 5. The quantitative estimate of drug-likeness (QED) is 0.137. The standard InChI is InChI=1S/C46H74O14/c1-23(2)13-12-14-24(3)34-31(58-42-38(53)36(51)39(57-26(5)48)32(59-42)22-55-25(4)47)20-46(10)40-30(54-11)19-28-27(44(40,8)17-18-45(34,46)9)15-16-33(43(28,6)7)60-41-37(52)35(50)29(49)21-56-41/h13,19,24,27,29-42,49-53H,12,14-18,20-22H2,1-11H3. The molecule has 0 aromatic carbocycles. The molecular weight excluding hydrogens is 776 g/mol. The van der Waals surface area contributed by atoms with Crippen LogP contribution in [0.3, 0.4) is 0 Å². The van der Waals surface area contributed by atoms with Gasteiger partial charge in [0.15, 0.2) is 18.7 Å². The first kappa shape index (κ1) is 47.5. The van der Waals surface area contributed by atoms with E-state index in [4.69, 9.17) is 33.2 Å². The summed E-state index contributed by atoms with van der Waals surface area (Å²) in [4.78, 5) is 23.9. The summed E-state index contributed by atoms with van der Waals surface area (Å²) >= 11 is 0. The van der Waals surface area contributed by atoms with E-state index in [1.807, 2.05) is 0 Å². The Balaban J connectivity index is 1.34. The molecule has 60 heavy (non-hydrogen) atoms. The van der Waals surface area contributed by atoms with Crippen LogP contribution in [0, 0.1) is 45.3 Å². The monoisotopic (exact) mass is 851 g/mol. The van der Waals surface area contributed by atoms with Gasteiger partial charge in [0.1, 0.15) is 43.2 Å². The topological polar surface area (TPSA) is 200 Å². The number of rotatable bonds is 12. The third-order valence-corrected chi connectivity index (χ3v) is 16.3. The molecule has 0 radical (unpaired) electrons. The van der Waals surface area contributed by atoms with Crippen LogP contribution in [-0.2, 0) is 42.7 Å². The van der Waals surface area contributed by atoms with Gasteiger partial charge < -0.3 is 58.7 Å². The third-order valence-electron chi connectivity index (χ3n) is 16.3. The van der Waals surface area contributed by atoms with E-state index in [2.05, 4.69) is 67.5 Å². The van der Waals surface area contributed by atoms with Crippen molar-refractivity contribution in [2.75, 3.05) is 20.3 Å². The highest BCUT2D eigenvalue weighted by Crippen LogP contribution is 2.75. The average Bonchev–Trinajstić information content (AvgIpc) is 3.40. The molecule has 0 aromatic heterocycles. The van der Waals surface area contributed by atoms with Gasteiger partial charge in [0, 0.05) is 32.3 Å². The Morgan fingerprint density at radius 1 is 0.883 bits per heavy atom. The molecule has 3 saturated carbocycles. The first-order valence-electron chi connectivity index (χ1n) is 22.2. The van der Waals surface area contributed by atoms with Crippen LogP contribution in [0.2, 0.25) is 0 Å². The van der Waals surface area contributed by atoms with Gasteiger partial charge in [0.2, 0.25) is 0 Å². The number of aliphatic hydroxyl groups excluding tert-OH is 5. The molecule has 0 aromatic rings.